The molecule has 10 nitrogen and oxygen atoms in total. The molecule has 0 saturated heterocycles. The van der Waals surface area contributed by atoms with Crippen molar-refractivity contribution in [1.82, 2.24) is 14.9 Å². The Morgan fingerprint density at radius 3 is 2.69 bits per heavy atom. The number of aliphatic hydroxyl groups is 1. The van der Waals surface area contributed by atoms with Crippen LogP contribution >= 0.6 is 0 Å². The van der Waals surface area contributed by atoms with E-state index in [-0.39, 0.29) is 36.4 Å². The molecule has 0 unspecified atom stereocenters. The highest BCUT2D eigenvalue weighted by Gasteiger charge is 2.45. The first kappa shape index (κ1) is 22.5. The molecule has 1 amide bonds. The van der Waals surface area contributed by atoms with Gasteiger partial charge in [0.2, 0.25) is 5.91 Å². The van der Waals surface area contributed by atoms with Crippen molar-refractivity contribution in [2.75, 3.05) is 0 Å². The lowest BCUT2D eigenvalue weighted by atomic mass is 9.86. The summed E-state index contributed by atoms with van der Waals surface area (Å²) < 4.78 is 6.57. The SMILES string of the molecule is CC[C@@]1(O)C(=O)OCc2c1cc1n(c2=O)Cc2c-1nc1ccccc1c2/C=C(\NC(C)=O)C(=O)O. The average molecular weight is 475 g/mol. The normalized spacial score (nSPS) is 18.5. The van der Waals surface area contributed by atoms with Gasteiger partial charge in [0.05, 0.1) is 29.0 Å². The first-order valence-corrected chi connectivity index (χ1v) is 11.0. The van der Waals surface area contributed by atoms with Gasteiger partial charge in [0.1, 0.15) is 12.3 Å². The van der Waals surface area contributed by atoms with Crippen LogP contribution in [0.4, 0.5) is 0 Å². The summed E-state index contributed by atoms with van der Waals surface area (Å²) in [6, 6.07) is 8.69. The molecule has 1 aromatic carbocycles. The molecule has 35 heavy (non-hydrogen) atoms. The highest BCUT2D eigenvalue weighted by molar-refractivity contribution is 6.01. The molecule has 4 heterocycles. The zero-order valence-electron chi connectivity index (χ0n) is 18.9. The van der Waals surface area contributed by atoms with Crippen LogP contribution in [0.15, 0.2) is 40.8 Å². The van der Waals surface area contributed by atoms with Gasteiger partial charge in [-0.25, -0.2) is 14.6 Å². The predicted octanol–water partition coefficient (Wildman–Crippen LogP) is 1.64. The fourth-order valence-corrected chi connectivity index (χ4v) is 4.71. The summed E-state index contributed by atoms with van der Waals surface area (Å²) in [6.45, 7) is 2.68. The van der Waals surface area contributed by atoms with E-state index in [9.17, 15) is 29.4 Å². The number of amides is 1. The van der Waals surface area contributed by atoms with Crippen molar-refractivity contribution in [3.05, 3.63) is 68.6 Å². The van der Waals surface area contributed by atoms with Gasteiger partial charge in [-0.05, 0) is 30.2 Å². The second kappa shape index (κ2) is 7.88. The molecule has 3 N–H and O–H groups in total. The number of carboxylic acids is 1. The number of para-hydroxylation sites is 1. The lowest BCUT2D eigenvalue weighted by Crippen LogP contribution is -2.44. The standard InChI is InChI=1S/C25H21N3O7/c1-3-25(34)17-9-20-21-15(10-28(20)22(30)16(17)11-35-24(25)33)14(8-19(23(31)32)26-12(2)29)13-6-4-5-7-18(13)27-21/h4-9,34H,3,10-11H2,1-2H3,(H,26,29)(H,31,32)/b19-8-/t25-/m0/s1. The number of carboxylic acid groups (broad SMARTS) is 1. The molecule has 0 saturated carbocycles. The molecule has 0 aliphatic carbocycles. The summed E-state index contributed by atoms with van der Waals surface area (Å²) in [6.07, 6.45) is 1.38. The number of benzene rings is 1. The minimum Gasteiger partial charge on any atom is -0.477 e. The first-order valence-electron chi connectivity index (χ1n) is 11.0. The van der Waals surface area contributed by atoms with Gasteiger partial charge in [0.25, 0.3) is 5.56 Å². The van der Waals surface area contributed by atoms with E-state index in [1.165, 1.54) is 17.6 Å². The number of hydrogen-bond acceptors (Lipinski definition) is 7. The summed E-state index contributed by atoms with van der Waals surface area (Å²) >= 11 is 0. The van der Waals surface area contributed by atoms with Crippen LogP contribution in [0, 0.1) is 0 Å². The van der Waals surface area contributed by atoms with Crippen molar-refractivity contribution in [3.63, 3.8) is 0 Å². The van der Waals surface area contributed by atoms with Crippen molar-refractivity contribution in [3.8, 4) is 11.4 Å². The molecule has 10 heteroatoms. The van der Waals surface area contributed by atoms with Gasteiger partial charge >= 0.3 is 11.9 Å². The molecule has 0 fully saturated rings. The summed E-state index contributed by atoms with van der Waals surface area (Å²) in [5, 5.41) is 23.7. The molecular formula is C25H21N3O7. The Balaban J connectivity index is 1.82. The smallest absolute Gasteiger partial charge is 0.352 e. The Morgan fingerprint density at radius 2 is 2.00 bits per heavy atom. The minimum atomic E-state index is -1.95. The van der Waals surface area contributed by atoms with E-state index in [2.05, 4.69) is 5.32 Å². The van der Waals surface area contributed by atoms with Gasteiger partial charge in [-0.1, -0.05) is 25.1 Å². The summed E-state index contributed by atoms with van der Waals surface area (Å²) in [5.41, 5.74) is 0.152. The molecular weight excluding hydrogens is 454 g/mol. The highest BCUT2D eigenvalue weighted by Crippen LogP contribution is 2.40. The van der Waals surface area contributed by atoms with Gasteiger partial charge in [-0.3, -0.25) is 9.59 Å². The fourth-order valence-electron chi connectivity index (χ4n) is 4.71. The average Bonchev–Trinajstić information content (AvgIpc) is 3.19. The van der Waals surface area contributed by atoms with Gasteiger partial charge in [0.15, 0.2) is 5.60 Å². The number of aromatic nitrogens is 2. The number of esters is 1. The number of rotatable bonds is 4. The Kier molecular flexibility index (Phi) is 5.06. The predicted molar refractivity (Wildman–Crippen MR) is 124 cm³/mol. The lowest BCUT2D eigenvalue weighted by Gasteiger charge is -2.31. The number of carbonyl (C=O) groups excluding carboxylic acids is 2. The van der Waals surface area contributed by atoms with E-state index >= 15 is 0 Å². The van der Waals surface area contributed by atoms with Crippen molar-refractivity contribution < 1.29 is 29.3 Å². The van der Waals surface area contributed by atoms with Crippen molar-refractivity contribution in [2.45, 2.75) is 39.0 Å². The topological polar surface area (TPSA) is 148 Å². The van der Waals surface area contributed by atoms with E-state index in [0.29, 0.717) is 33.4 Å². The summed E-state index contributed by atoms with van der Waals surface area (Å²) in [5.74, 6) is -2.67. The number of nitrogens with zero attached hydrogens (tertiary/aromatic N) is 2. The first-order chi connectivity index (χ1) is 16.7. The van der Waals surface area contributed by atoms with Gasteiger partial charge < -0.3 is 24.8 Å². The number of hydrogen-bond donors (Lipinski definition) is 3. The lowest BCUT2D eigenvalue weighted by molar-refractivity contribution is -0.172. The van der Waals surface area contributed by atoms with Crippen LogP contribution in [-0.2, 0) is 37.9 Å². The van der Waals surface area contributed by atoms with E-state index in [1.54, 1.807) is 37.3 Å². The van der Waals surface area contributed by atoms with Crippen LogP contribution in [0.3, 0.4) is 0 Å². The Hall–Kier alpha value is -4.31. The van der Waals surface area contributed by atoms with E-state index in [1.807, 2.05) is 0 Å². The van der Waals surface area contributed by atoms with Crippen LogP contribution in [0.1, 0.15) is 42.5 Å². The van der Waals surface area contributed by atoms with Crippen molar-refractivity contribution in [1.29, 1.82) is 0 Å². The molecule has 1 atom stereocenters. The zero-order valence-corrected chi connectivity index (χ0v) is 18.9. The van der Waals surface area contributed by atoms with Crippen LogP contribution in [-0.4, -0.2) is 37.6 Å². The summed E-state index contributed by atoms with van der Waals surface area (Å²) in [4.78, 5) is 54.0. The van der Waals surface area contributed by atoms with Gasteiger partial charge in [-0.2, -0.15) is 0 Å². The largest absolute Gasteiger partial charge is 0.477 e. The van der Waals surface area contributed by atoms with Crippen LogP contribution < -0.4 is 10.9 Å². The monoisotopic (exact) mass is 475 g/mol. The number of nitrogens with one attached hydrogen (secondary N) is 1. The van der Waals surface area contributed by atoms with Crippen molar-refractivity contribution >= 4 is 34.8 Å². The summed E-state index contributed by atoms with van der Waals surface area (Å²) in [7, 11) is 0. The van der Waals surface area contributed by atoms with E-state index in [4.69, 9.17) is 9.72 Å². The van der Waals surface area contributed by atoms with E-state index in [0.717, 1.165) is 0 Å². The van der Waals surface area contributed by atoms with Gasteiger partial charge in [-0.15, -0.1) is 0 Å². The van der Waals surface area contributed by atoms with Crippen LogP contribution in [0.5, 0.6) is 0 Å². The maximum absolute atomic E-state index is 13.4. The molecule has 5 rings (SSSR count). The molecule has 0 bridgehead atoms. The third-order valence-electron chi connectivity index (χ3n) is 6.47. The second-order valence-electron chi connectivity index (χ2n) is 8.52. The Bertz CT molecular complexity index is 1550. The second-order valence-corrected chi connectivity index (χ2v) is 8.52. The van der Waals surface area contributed by atoms with Gasteiger partial charge in [0, 0.05) is 23.4 Å². The molecule has 2 aliphatic heterocycles. The third-order valence-corrected chi connectivity index (χ3v) is 6.47. The fraction of sp³-hybridized carbons (Fsp3) is 0.240. The van der Waals surface area contributed by atoms with Crippen LogP contribution in [0.25, 0.3) is 28.4 Å². The van der Waals surface area contributed by atoms with E-state index < -0.39 is 29.0 Å². The maximum atomic E-state index is 13.4. The number of cyclic esters (lactones) is 1. The molecule has 2 aliphatic rings. The third kappa shape index (κ3) is 3.33. The molecule has 0 radical (unpaired) electrons. The number of ether oxygens (including phenoxy) is 1. The van der Waals surface area contributed by atoms with Crippen molar-refractivity contribution in [2.24, 2.45) is 0 Å². The number of carbonyl (C=O) groups is 3. The molecule has 178 valence electrons. The molecule has 2 aromatic heterocycles. The van der Waals surface area contributed by atoms with Crippen LogP contribution in [0.2, 0.25) is 0 Å². The maximum Gasteiger partial charge on any atom is 0.352 e. The zero-order chi connectivity index (χ0) is 25.1. The highest BCUT2D eigenvalue weighted by atomic mass is 16.6. The quantitative estimate of drug-likeness (QED) is 0.298. The Morgan fingerprint density at radius 1 is 1.26 bits per heavy atom. The minimum absolute atomic E-state index is 0.0202. The number of pyridine rings is 2. The molecule has 0 spiro atoms. The number of fused-ring (bicyclic) bond motifs is 5. The molecule has 3 aromatic rings. The Labute approximate surface area is 198 Å². The number of aliphatic carboxylic acids is 1.